The van der Waals surface area contributed by atoms with Crippen LogP contribution in [0.15, 0.2) is 121 Å². The molecule has 0 unspecified atom stereocenters. The van der Waals surface area contributed by atoms with Crippen LogP contribution in [0, 0.1) is 0 Å². The fourth-order valence-electron chi connectivity index (χ4n) is 8.45. The first-order valence-electron chi connectivity index (χ1n) is 30.9. The second kappa shape index (κ2) is 59.0. The zero-order chi connectivity index (χ0) is 58.4. The normalized spacial score (nSPS) is 19.2. The Balaban J connectivity index is 0.000000269. The first-order valence-corrected chi connectivity index (χ1v) is 30.9. The van der Waals surface area contributed by atoms with Gasteiger partial charge in [-0.15, -0.1) is 0 Å². The van der Waals surface area contributed by atoms with Gasteiger partial charge in [0.05, 0.1) is 159 Å². The largest absolute Gasteiger partial charge is 0.381 e. The number of benzene rings is 6. The molecule has 18 heteroatoms. The monoisotopic (exact) mass is 1250 g/mol. The van der Waals surface area contributed by atoms with Gasteiger partial charge >= 0.3 is 0 Å². The van der Waals surface area contributed by atoms with Crippen molar-refractivity contribution in [1.82, 2.24) is 0 Å². The van der Waals surface area contributed by atoms with Crippen molar-refractivity contribution in [2.45, 2.75) is 51.4 Å². The first kappa shape index (κ1) is 79.2. The van der Waals surface area contributed by atoms with Crippen molar-refractivity contribution < 1.29 is 75.8 Å². The summed E-state index contributed by atoms with van der Waals surface area (Å²) < 4.78 is 83.7. The van der Waals surface area contributed by atoms with E-state index in [1.54, 1.807) is 0 Å². The minimum absolute atomic E-state index is 0. The Morgan fingerprint density at radius 3 is 0.314 bits per heavy atom. The summed E-state index contributed by atoms with van der Waals surface area (Å²) in [6.45, 7) is 22.1. The molecule has 0 atom stereocenters. The molecule has 0 spiro atoms. The zero-order valence-corrected chi connectivity index (χ0v) is 58.6. The van der Waals surface area contributed by atoms with Crippen molar-refractivity contribution in [3.05, 3.63) is 121 Å². The van der Waals surface area contributed by atoms with Crippen molar-refractivity contribution in [1.29, 1.82) is 0 Å². The Bertz CT molecular complexity index is 1850. The van der Waals surface area contributed by atoms with Crippen molar-refractivity contribution >= 4 is 146 Å². The summed E-state index contributed by atoms with van der Waals surface area (Å²) in [4.78, 5) is 0. The van der Waals surface area contributed by atoms with Crippen LogP contribution in [-0.2, 0) is 75.8 Å². The van der Waals surface area contributed by atoms with Crippen LogP contribution in [0.1, 0.15) is 51.4 Å². The molecule has 0 aliphatic carbocycles. The second-order valence-corrected chi connectivity index (χ2v) is 19.7. The summed E-state index contributed by atoms with van der Waals surface area (Å²) in [5.74, 6) is 0. The topological polar surface area (TPSA) is 148 Å². The quantitative estimate of drug-likeness (QED) is 0.105. The summed E-state index contributed by atoms with van der Waals surface area (Å²) >= 11 is 0. The molecule has 6 saturated heterocycles. The molecule has 6 heterocycles. The molecule has 6 fully saturated rings. The van der Waals surface area contributed by atoms with Gasteiger partial charge in [0, 0.05) is 156 Å². The van der Waals surface area contributed by atoms with Gasteiger partial charge in [0.2, 0.25) is 0 Å². The second-order valence-electron chi connectivity index (χ2n) is 19.7. The third kappa shape index (κ3) is 42.2. The van der Waals surface area contributed by atoms with Crippen LogP contribution >= 0.6 is 0 Å². The summed E-state index contributed by atoms with van der Waals surface area (Å²) in [6, 6.07) is 42.8. The Hall–Kier alpha value is -1.01. The molecule has 470 valence electrons. The molecule has 86 heavy (non-hydrogen) atoms. The predicted octanol–water partition coefficient (Wildman–Crippen LogP) is 10.6. The number of hydrogen-bond donors (Lipinski definition) is 0. The van der Waals surface area contributed by atoms with Crippen LogP contribution in [0.2, 0.25) is 0 Å². The van der Waals surface area contributed by atoms with E-state index in [4.69, 9.17) is 75.8 Å². The Morgan fingerprint density at radius 1 is 0.140 bits per heavy atom. The van der Waals surface area contributed by atoms with Gasteiger partial charge in [0.15, 0.2) is 0 Å². The van der Waals surface area contributed by atoms with Crippen molar-refractivity contribution in [2.24, 2.45) is 0 Å². The summed E-state index contributed by atoms with van der Waals surface area (Å²) in [5, 5.41) is 10.5. The summed E-state index contributed by atoms with van der Waals surface area (Å²) in [5.41, 5.74) is 0. The standard InChI is InChI=1S/2C14H10.2C12H24O6.4C4H8O.2K/c2*1-2-6-12-10-14-8-4-3-7-13(14)9-11(12)5-1;2*1-2-14-5-6-16-9-10-18-12-11-17-8-7-15-4-3-13-1;4*1-2-4-5-3-1;;/h2*1-10H;2*1-12H2;4*1-4H2;;. The minimum Gasteiger partial charge on any atom is -0.381 e. The van der Waals surface area contributed by atoms with Crippen LogP contribution in [0.5, 0.6) is 0 Å². The first-order chi connectivity index (χ1) is 41.9. The van der Waals surface area contributed by atoms with Crippen LogP contribution in [0.4, 0.5) is 0 Å². The molecule has 12 rings (SSSR count). The third-order valence-corrected chi connectivity index (χ3v) is 13.0. The van der Waals surface area contributed by atoms with Crippen LogP contribution in [-0.4, -0.2) is 314 Å². The molecule has 16 nitrogen and oxygen atoms in total. The zero-order valence-electron chi connectivity index (χ0n) is 52.4. The van der Waals surface area contributed by atoms with Gasteiger partial charge in [-0.1, -0.05) is 97.1 Å². The van der Waals surface area contributed by atoms with E-state index in [0.29, 0.717) is 159 Å². The third-order valence-electron chi connectivity index (χ3n) is 13.0. The van der Waals surface area contributed by atoms with Crippen LogP contribution in [0.3, 0.4) is 0 Å². The Kier molecular flexibility index (Phi) is 54.4. The van der Waals surface area contributed by atoms with Crippen molar-refractivity contribution in [3.8, 4) is 0 Å². The fraction of sp³-hybridized carbons (Fsp3) is 0.588. The van der Waals surface area contributed by atoms with E-state index in [-0.39, 0.29) is 103 Å². The molecule has 2 radical (unpaired) electrons. The minimum atomic E-state index is 0. The fourth-order valence-corrected chi connectivity index (χ4v) is 8.45. The molecular formula is C68H100K2O16. The Labute approximate surface area is 598 Å². The van der Waals surface area contributed by atoms with Gasteiger partial charge < -0.3 is 75.8 Å². The molecule has 0 N–H and O–H groups in total. The maximum absolute atomic E-state index is 5.33. The molecule has 0 amide bonds. The van der Waals surface area contributed by atoms with Gasteiger partial charge in [-0.3, -0.25) is 0 Å². The van der Waals surface area contributed by atoms with E-state index in [0.717, 1.165) is 52.9 Å². The number of fused-ring (bicyclic) bond motifs is 4. The van der Waals surface area contributed by atoms with Gasteiger partial charge in [-0.2, -0.15) is 0 Å². The maximum Gasteiger partial charge on any atom is 0.0701 e. The number of rotatable bonds is 0. The Morgan fingerprint density at radius 2 is 0.233 bits per heavy atom. The SMILES string of the molecule is C1CCOC1.C1CCOC1.C1CCOC1.C1CCOC1.C1COCCOCCOCCOCCOCCO1.C1COCCOCCOCCOCCOCCO1.[K].[K].c1ccc2cc3ccccc3cc2c1.c1ccc2cc3ccccc3cc2c1. The summed E-state index contributed by atoms with van der Waals surface area (Å²) in [7, 11) is 0. The summed E-state index contributed by atoms with van der Waals surface area (Å²) in [6.07, 6.45) is 10.2. The molecule has 0 bridgehead atoms. The molecule has 6 aliphatic rings. The maximum atomic E-state index is 5.33. The van der Waals surface area contributed by atoms with Crippen molar-refractivity contribution in [2.75, 3.05) is 211 Å². The molecular weight excluding hydrogens is 1150 g/mol. The van der Waals surface area contributed by atoms with Gasteiger partial charge in [0.1, 0.15) is 0 Å². The van der Waals surface area contributed by atoms with Gasteiger partial charge in [-0.25, -0.2) is 0 Å². The van der Waals surface area contributed by atoms with Gasteiger partial charge in [0.25, 0.3) is 0 Å². The van der Waals surface area contributed by atoms with Gasteiger partial charge in [-0.05, 0) is 119 Å². The molecule has 6 aromatic carbocycles. The molecule has 6 aromatic rings. The van der Waals surface area contributed by atoms with E-state index in [9.17, 15) is 0 Å². The molecule has 0 aromatic heterocycles. The molecule has 6 aliphatic heterocycles. The van der Waals surface area contributed by atoms with E-state index < -0.39 is 0 Å². The van der Waals surface area contributed by atoms with E-state index in [1.807, 2.05) is 0 Å². The molecule has 0 saturated carbocycles. The van der Waals surface area contributed by atoms with E-state index in [2.05, 4.69) is 121 Å². The predicted molar refractivity (Wildman–Crippen MR) is 344 cm³/mol. The average molecular weight is 1250 g/mol. The van der Waals surface area contributed by atoms with Crippen LogP contribution in [0.25, 0.3) is 43.1 Å². The van der Waals surface area contributed by atoms with Crippen LogP contribution < -0.4 is 0 Å². The number of hydrogen-bond acceptors (Lipinski definition) is 16. The smallest absolute Gasteiger partial charge is 0.0701 e. The number of ether oxygens (including phenoxy) is 16. The van der Waals surface area contributed by atoms with E-state index in [1.165, 1.54) is 94.5 Å². The van der Waals surface area contributed by atoms with Crippen molar-refractivity contribution in [3.63, 3.8) is 0 Å². The van der Waals surface area contributed by atoms with E-state index >= 15 is 0 Å². The average Bonchev–Trinajstić information content (AvgIpc) is 3.07.